The highest BCUT2D eigenvalue weighted by molar-refractivity contribution is 6.08. The van der Waals surface area contributed by atoms with Gasteiger partial charge in [0, 0.05) is 0 Å². The van der Waals surface area contributed by atoms with Gasteiger partial charge in [0.25, 0.3) is 5.91 Å². The van der Waals surface area contributed by atoms with Crippen LogP contribution in [0.3, 0.4) is 0 Å². The third-order valence-electron chi connectivity index (χ3n) is 5.74. The number of anilines is 1. The molecule has 1 heterocycles. The predicted molar refractivity (Wildman–Crippen MR) is 111 cm³/mol. The fraction of sp³-hybridized carbons (Fsp3) is 0.458. The molecule has 1 aliphatic heterocycles. The summed E-state index contributed by atoms with van der Waals surface area (Å²) in [5.41, 5.74) is 4.60. The zero-order chi connectivity index (χ0) is 20.2. The Morgan fingerprint density at radius 2 is 1.37 bits per heavy atom. The lowest BCUT2D eigenvalue weighted by Gasteiger charge is -2.26. The molecule has 1 amide bonds. The van der Waals surface area contributed by atoms with E-state index in [1.54, 1.807) is 7.11 Å². The molecule has 0 N–H and O–H groups in total. The van der Waals surface area contributed by atoms with Crippen LogP contribution in [-0.2, 0) is 25.9 Å². The van der Waals surface area contributed by atoms with E-state index in [4.69, 9.17) is 4.84 Å². The molecule has 3 nitrogen and oxygen atoms in total. The second kappa shape index (κ2) is 6.20. The maximum atomic E-state index is 13.4. The van der Waals surface area contributed by atoms with Gasteiger partial charge in [0.15, 0.2) is 0 Å². The van der Waals surface area contributed by atoms with Gasteiger partial charge in [-0.1, -0.05) is 77.9 Å². The van der Waals surface area contributed by atoms with E-state index in [-0.39, 0.29) is 16.7 Å². The van der Waals surface area contributed by atoms with Crippen LogP contribution in [0.2, 0.25) is 0 Å². The van der Waals surface area contributed by atoms with Crippen molar-refractivity contribution in [2.45, 2.75) is 64.7 Å². The molecule has 0 aliphatic carbocycles. The Morgan fingerprint density at radius 3 is 1.85 bits per heavy atom. The first kappa shape index (κ1) is 19.6. The zero-order valence-corrected chi connectivity index (χ0v) is 17.8. The van der Waals surface area contributed by atoms with Crippen LogP contribution in [0.1, 0.15) is 70.7 Å². The van der Waals surface area contributed by atoms with Gasteiger partial charge in [0.2, 0.25) is 0 Å². The molecular formula is C24H31NO2. The fourth-order valence-electron chi connectivity index (χ4n) is 3.78. The summed E-state index contributed by atoms with van der Waals surface area (Å²) >= 11 is 0. The minimum atomic E-state index is -0.752. The summed E-state index contributed by atoms with van der Waals surface area (Å²) in [7, 11) is 1.56. The van der Waals surface area contributed by atoms with Crippen LogP contribution >= 0.6 is 0 Å². The third kappa shape index (κ3) is 3.08. The van der Waals surface area contributed by atoms with E-state index in [2.05, 4.69) is 84.0 Å². The molecule has 0 saturated carbocycles. The largest absolute Gasteiger partial charge is 0.271 e. The number of fused-ring (bicyclic) bond motifs is 1. The van der Waals surface area contributed by atoms with Crippen molar-refractivity contribution in [2.24, 2.45) is 0 Å². The van der Waals surface area contributed by atoms with Gasteiger partial charge < -0.3 is 0 Å². The lowest BCUT2D eigenvalue weighted by atomic mass is 9.75. The second-order valence-electron chi connectivity index (χ2n) is 9.72. The van der Waals surface area contributed by atoms with E-state index >= 15 is 0 Å². The van der Waals surface area contributed by atoms with Gasteiger partial charge in [0.05, 0.1) is 12.8 Å². The number of hydroxylamine groups is 1. The molecule has 3 heteroatoms. The third-order valence-corrected chi connectivity index (χ3v) is 5.74. The van der Waals surface area contributed by atoms with Gasteiger partial charge in [-0.3, -0.25) is 9.63 Å². The molecule has 144 valence electrons. The van der Waals surface area contributed by atoms with Gasteiger partial charge in [-0.15, -0.1) is 0 Å². The Kier molecular flexibility index (Phi) is 4.51. The highest BCUT2D eigenvalue weighted by Crippen LogP contribution is 2.47. The monoisotopic (exact) mass is 365 g/mol. The quantitative estimate of drug-likeness (QED) is 0.704. The van der Waals surface area contributed by atoms with Crippen molar-refractivity contribution >= 4 is 11.6 Å². The van der Waals surface area contributed by atoms with Crippen molar-refractivity contribution in [1.82, 2.24) is 0 Å². The predicted octanol–water partition coefficient (Wildman–Crippen LogP) is 5.50. The molecule has 2 aromatic carbocycles. The van der Waals surface area contributed by atoms with Crippen molar-refractivity contribution in [3.05, 3.63) is 64.7 Å². The molecule has 0 spiro atoms. The van der Waals surface area contributed by atoms with Crippen molar-refractivity contribution in [2.75, 3.05) is 12.2 Å². The molecule has 1 unspecified atom stereocenters. The van der Waals surface area contributed by atoms with Crippen LogP contribution in [0.25, 0.3) is 0 Å². The van der Waals surface area contributed by atoms with E-state index in [9.17, 15) is 4.79 Å². The molecule has 0 aromatic heterocycles. The SMILES string of the molecule is CON1C(=O)C(C)(c2ccc(C(C)(C)C)cc2)c2ccc(C(C)(C)C)cc21. The topological polar surface area (TPSA) is 29.5 Å². The average Bonchev–Trinajstić information content (AvgIpc) is 2.81. The Bertz CT molecular complexity index is 869. The molecule has 0 radical (unpaired) electrons. The minimum Gasteiger partial charge on any atom is -0.271 e. The number of carbonyl (C=O) groups is 1. The van der Waals surface area contributed by atoms with Crippen LogP contribution in [0.4, 0.5) is 5.69 Å². The molecular weight excluding hydrogens is 334 g/mol. The van der Waals surface area contributed by atoms with Gasteiger partial charge >= 0.3 is 0 Å². The normalized spacial score (nSPS) is 20.1. The summed E-state index contributed by atoms with van der Waals surface area (Å²) in [5, 5.41) is 1.45. The Morgan fingerprint density at radius 1 is 0.852 bits per heavy atom. The number of amides is 1. The number of hydrogen-bond donors (Lipinski definition) is 0. The Balaban J connectivity index is 2.16. The van der Waals surface area contributed by atoms with Gasteiger partial charge in [-0.2, -0.15) is 5.06 Å². The van der Waals surface area contributed by atoms with Crippen LogP contribution in [0, 0.1) is 0 Å². The van der Waals surface area contributed by atoms with Crippen molar-refractivity contribution in [3.8, 4) is 0 Å². The van der Waals surface area contributed by atoms with Crippen molar-refractivity contribution in [1.29, 1.82) is 0 Å². The number of rotatable bonds is 2. The van der Waals surface area contributed by atoms with Crippen molar-refractivity contribution < 1.29 is 9.63 Å². The standard InChI is InChI=1S/C24H31NO2/c1-22(2,3)16-9-11-17(12-10-16)24(7)19-14-13-18(23(4,5)6)15-20(19)25(27-8)21(24)26/h9-15H,1-8H3. The van der Waals surface area contributed by atoms with Gasteiger partial charge in [-0.05, 0) is 46.1 Å². The summed E-state index contributed by atoms with van der Waals surface area (Å²) < 4.78 is 0. The molecule has 27 heavy (non-hydrogen) atoms. The van der Waals surface area contributed by atoms with E-state index in [0.29, 0.717) is 0 Å². The molecule has 2 aromatic rings. The number of benzene rings is 2. The lowest BCUT2D eigenvalue weighted by molar-refractivity contribution is -0.127. The average molecular weight is 366 g/mol. The zero-order valence-electron chi connectivity index (χ0n) is 17.8. The maximum Gasteiger partial charge on any atom is 0.265 e. The van der Waals surface area contributed by atoms with Gasteiger partial charge in [-0.25, -0.2) is 0 Å². The summed E-state index contributed by atoms with van der Waals surface area (Å²) in [6.45, 7) is 15.1. The van der Waals surface area contributed by atoms with E-state index in [0.717, 1.165) is 16.8 Å². The molecule has 3 rings (SSSR count). The minimum absolute atomic E-state index is 0.00480. The summed E-state index contributed by atoms with van der Waals surface area (Å²) in [6, 6.07) is 14.7. The highest BCUT2D eigenvalue weighted by Gasteiger charge is 2.49. The first-order chi connectivity index (χ1) is 12.4. The van der Waals surface area contributed by atoms with E-state index in [1.165, 1.54) is 16.2 Å². The Labute approximate surface area is 163 Å². The molecule has 0 bridgehead atoms. The first-order valence-electron chi connectivity index (χ1n) is 9.55. The summed E-state index contributed by atoms with van der Waals surface area (Å²) in [4.78, 5) is 18.9. The van der Waals surface area contributed by atoms with Crippen LogP contribution in [-0.4, -0.2) is 13.0 Å². The van der Waals surface area contributed by atoms with E-state index < -0.39 is 5.41 Å². The number of carbonyl (C=O) groups excluding carboxylic acids is 1. The first-order valence-corrected chi connectivity index (χ1v) is 9.55. The molecule has 1 aliphatic rings. The second-order valence-corrected chi connectivity index (χ2v) is 9.72. The van der Waals surface area contributed by atoms with Crippen LogP contribution in [0.5, 0.6) is 0 Å². The maximum absolute atomic E-state index is 13.4. The number of hydrogen-bond acceptors (Lipinski definition) is 2. The van der Waals surface area contributed by atoms with Crippen molar-refractivity contribution in [3.63, 3.8) is 0 Å². The Hall–Kier alpha value is -2.13. The lowest BCUT2D eigenvalue weighted by Crippen LogP contribution is -2.38. The van der Waals surface area contributed by atoms with E-state index in [1.807, 2.05) is 6.92 Å². The van der Waals surface area contributed by atoms with Crippen LogP contribution < -0.4 is 5.06 Å². The summed E-state index contributed by atoms with van der Waals surface area (Å²) in [5.74, 6) is -0.0467. The van der Waals surface area contributed by atoms with Gasteiger partial charge in [0.1, 0.15) is 5.41 Å². The summed E-state index contributed by atoms with van der Waals surface area (Å²) in [6.07, 6.45) is 0. The molecule has 0 saturated heterocycles. The highest BCUT2D eigenvalue weighted by atomic mass is 16.7. The smallest absolute Gasteiger partial charge is 0.265 e. The number of nitrogens with zero attached hydrogens (tertiary/aromatic N) is 1. The fourth-order valence-corrected chi connectivity index (χ4v) is 3.78. The molecule has 0 fully saturated rings. The van der Waals surface area contributed by atoms with Crippen LogP contribution in [0.15, 0.2) is 42.5 Å². The molecule has 1 atom stereocenters.